The van der Waals surface area contributed by atoms with Gasteiger partial charge in [-0.2, -0.15) is 0 Å². The van der Waals surface area contributed by atoms with Gasteiger partial charge in [-0.1, -0.05) is 43.4 Å². The molecule has 0 radical (unpaired) electrons. The maximum atomic E-state index is 11.4. The highest BCUT2D eigenvalue weighted by atomic mass is 28.3. The summed E-state index contributed by atoms with van der Waals surface area (Å²) in [6, 6.07) is 10.1. The molecule has 0 amide bonds. The molecule has 0 heterocycles. The summed E-state index contributed by atoms with van der Waals surface area (Å²) < 4.78 is 11.3. The summed E-state index contributed by atoms with van der Waals surface area (Å²) in [6.45, 7) is 8.85. The Bertz CT molecular complexity index is 390. The second kappa shape index (κ2) is 7.58. The lowest BCUT2D eigenvalue weighted by atomic mass is 10.2. The lowest BCUT2D eigenvalue weighted by Gasteiger charge is -2.20. The molecular formula is C15H24O3Si. The minimum atomic E-state index is -1.85. The maximum Gasteiger partial charge on any atom is 0.154 e. The molecule has 3 nitrogen and oxygen atoms in total. The van der Waals surface area contributed by atoms with E-state index in [4.69, 9.17) is 9.47 Å². The molecule has 1 aromatic carbocycles. The molecule has 0 N–H and O–H groups in total. The predicted octanol–water partition coefficient (Wildman–Crippen LogP) is 2.98. The fourth-order valence-corrected chi connectivity index (χ4v) is 2.27. The fraction of sp³-hybridized carbons (Fsp3) is 0.533. The van der Waals surface area contributed by atoms with Crippen LogP contribution >= 0.6 is 0 Å². The SMILES string of the molecule is CC(=O)[Si](C)(C)COC[C@H](C)OCc1ccccc1. The third-order valence-electron chi connectivity index (χ3n) is 3.15. The average molecular weight is 280 g/mol. The predicted molar refractivity (Wildman–Crippen MR) is 79.7 cm³/mol. The summed E-state index contributed by atoms with van der Waals surface area (Å²) in [5, 5.41) is 0.283. The normalized spacial score (nSPS) is 13.3. The Morgan fingerprint density at radius 3 is 2.47 bits per heavy atom. The summed E-state index contributed by atoms with van der Waals surface area (Å²) >= 11 is 0. The number of carbonyl (C=O) groups is 1. The van der Waals surface area contributed by atoms with Gasteiger partial charge in [-0.05, 0) is 19.4 Å². The van der Waals surface area contributed by atoms with E-state index in [1.54, 1.807) is 6.92 Å². The zero-order chi connectivity index (χ0) is 14.3. The van der Waals surface area contributed by atoms with E-state index in [9.17, 15) is 4.79 Å². The summed E-state index contributed by atoms with van der Waals surface area (Å²) in [6.07, 6.45) is 0.610. The zero-order valence-electron chi connectivity index (χ0n) is 12.3. The molecule has 0 aliphatic carbocycles. The molecule has 0 aliphatic heterocycles. The number of hydrogen-bond acceptors (Lipinski definition) is 3. The zero-order valence-corrected chi connectivity index (χ0v) is 13.3. The third kappa shape index (κ3) is 6.14. The quantitative estimate of drug-likeness (QED) is 0.687. The van der Waals surface area contributed by atoms with Crippen LogP contribution in [0, 0.1) is 0 Å². The summed E-state index contributed by atoms with van der Waals surface area (Å²) in [4.78, 5) is 11.4. The molecule has 0 fully saturated rings. The van der Waals surface area contributed by atoms with Crippen LogP contribution in [-0.4, -0.2) is 32.4 Å². The first-order valence-corrected chi connectivity index (χ1v) is 9.87. The Morgan fingerprint density at radius 2 is 1.89 bits per heavy atom. The Morgan fingerprint density at radius 1 is 1.26 bits per heavy atom. The first-order chi connectivity index (χ1) is 8.92. The topological polar surface area (TPSA) is 35.5 Å². The molecular weight excluding hydrogens is 256 g/mol. The Kier molecular flexibility index (Phi) is 6.41. The molecule has 4 heteroatoms. The van der Waals surface area contributed by atoms with Crippen molar-refractivity contribution in [2.45, 2.75) is 39.7 Å². The van der Waals surface area contributed by atoms with Crippen molar-refractivity contribution in [3.63, 3.8) is 0 Å². The van der Waals surface area contributed by atoms with Crippen LogP contribution in [0.2, 0.25) is 13.1 Å². The molecule has 0 bridgehead atoms. The number of hydrogen-bond donors (Lipinski definition) is 0. The van der Waals surface area contributed by atoms with E-state index >= 15 is 0 Å². The van der Waals surface area contributed by atoms with Crippen LogP contribution in [0.4, 0.5) is 0 Å². The van der Waals surface area contributed by atoms with E-state index in [0.717, 1.165) is 5.56 Å². The molecule has 1 rings (SSSR count). The van der Waals surface area contributed by atoms with Crippen molar-refractivity contribution >= 4 is 13.5 Å². The molecule has 19 heavy (non-hydrogen) atoms. The molecule has 0 saturated heterocycles. The second-order valence-corrected chi connectivity index (χ2v) is 10.3. The van der Waals surface area contributed by atoms with Crippen LogP contribution < -0.4 is 0 Å². The largest absolute Gasteiger partial charge is 0.382 e. The summed E-state index contributed by atoms with van der Waals surface area (Å²) in [5.74, 6) is 0. The van der Waals surface area contributed by atoms with E-state index in [2.05, 4.69) is 0 Å². The van der Waals surface area contributed by atoms with Crippen molar-refractivity contribution in [1.82, 2.24) is 0 Å². The van der Waals surface area contributed by atoms with Gasteiger partial charge in [-0.3, -0.25) is 0 Å². The van der Waals surface area contributed by atoms with Gasteiger partial charge in [0.1, 0.15) is 5.41 Å². The molecule has 1 atom stereocenters. The highest BCUT2D eigenvalue weighted by Gasteiger charge is 2.27. The molecule has 0 unspecified atom stereocenters. The van der Waals surface area contributed by atoms with Crippen LogP contribution in [0.5, 0.6) is 0 Å². The van der Waals surface area contributed by atoms with Crippen molar-refractivity contribution < 1.29 is 14.3 Å². The van der Waals surface area contributed by atoms with E-state index in [-0.39, 0.29) is 11.5 Å². The van der Waals surface area contributed by atoms with Crippen molar-refractivity contribution in [1.29, 1.82) is 0 Å². The lowest BCUT2D eigenvalue weighted by Crippen LogP contribution is -2.42. The average Bonchev–Trinajstić information content (AvgIpc) is 2.37. The van der Waals surface area contributed by atoms with Crippen LogP contribution in [0.1, 0.15) is 19.4 Å². The van der Waals surface area contributed by atoms with Crippen LogP contribution in [0.25, 0.3) is 0 Å². The first-order valence-electron chi connectivity index (χ1n) is 6.66. The van der Waals surface area contributed by atoms with Gasteiger partial charge in [0.2, 0.25) is 0 Å². The van der Waals surface area contributed by atoms with Gasteiger partial charge in [0.15, 0.2) is 8.07 Å². The van der Waals surface area contributed by atoms with E-state index in [1.807, 2.05) is 50.3 Å². The summed E-state index contributed by atoms with van der Waals surface area (Å²) in [5.41, 5.74) is 1.16. The van der Waals surface area contributed by atoms with Crippen LogP contribution in [0.3, 0.4) is 0 Å². The van der Waals surface area contributed by atoms with Gasteiger partial charge in [-0.15, -0.1) is 0 Å². The third-order valence-corrected chi connectivity index (χ3v) is 5.98. The molecule has 0 aromatic heterocycles. The molecule has 1 aromatic rings. The summed E-state index contributed by atoms with van der Waals surface area (Å²) in [7, 11) is -1.85. The van der Waals surface area contributed by atoms with Crippen LogP contribution in [0.15, 0.2) is 30.3 Å². The monoisotopic (exact) mass is 280 g/mol. The van der Waals surface area contributed by atoms with Gasteiger partial charge in [0, 0.05) is 6.23 Å². The van der Waals surface area contributed by atoms with Crippen molar-refractivity contribution in [2.75, 3.05) is 12.8 Å². The highest BCUT2D eigenvalue weighted by Crippen LogP contribution is 2.06. The number of benzene rings is 1. The minimum absolute atomic E-state index is 0.0389. The lowest BCUT2D eigenvalue weighted by molar-refractivity contribution is -0.111. The van der Waals surface area contributed by atoms with Crippen molar-refractivity contribution in [3.8, 4) is 0 Å². The Hall–Kier alpha value is -0.973. The van der Waals surface area contributed by atoms with Crippen LogP contribution in [-0.2, 0) is 20.9 Å². The Balaban J connectivity index is 2.22. The number of ether oxygens (including phenoxy) is 2. The molecule has 0 aliphatic rings. The van der Waals surface area contributed by atoms with E-state index < -0.39 is 8.07 Å². The number of carbonyl (C=O) groups excluding carboxylic acids is 1. The highest BCUT2D eigenvalue weighted by molar-refractivity contribution is 7.04. The van der Waals surface area contributed by atoms with E-state index in [1.165, 1.54) is 0 Å². The fourth-order valence-electron chi connectivity index (χ4n) is 1.44. The van der Waals surface area contributed by atoms with Gasteiger partial charge in [0.05, 0.1) is 19.3 Å². The molecule has 0 saturated carbocycles. The second-order valence-electron chi connectivity index (χ2n) is 5.56. The molecule has 106 valence electrons. The van der Waals surface area contributed by atoms with Crippen molar-refractivity contribution in [2.24, 2.45) is 0 Å². The van der Waals surface area contributed by atoms with Gasteiger partial charge in [-0.25, -0.2) is 0 Å². The smallest absolute Gasteiger partial charge is 0.154 e. The Labute approximate surface area is 116 Å². The minimum Gasteiger partial charge on any atom is -0.382 e. The van der Waals surface area contributed by atoms with E-state index in [0.29, 0.717) is 19.4 Å². The van der Waals surface area contributed by atoms with Gasteiger partial charge in [0.25, 0.3) is 0 Å². The first kappa shape index (κ1) is 16.1. The molecule has 0 spiro atoms. The van der Waals surface area contributed by atoms with Crippen molar-refractivity contribution in [3.05, 3.63) is 35.9 Å². The van der Waals surface area contributed by atoms with Gasteiger partial charge >= 0.3 is 0 Å². The standard InChI is InChI=1S/C15H24O3Si/c1-13(10-17-12-19(3,4)14(2)16)18-11-15-8-6-5-7-9-15/h5-9,13H,10-12H2,1-4H3/t13-/m0/s1. The van der Waals surface area contributed by atoms with Gasteiger partial charge < -0.3 is 14.3 Å². The number of rotatable bonds is 8. The maximum absolute atomic E-state index is 11.4.